The van der Waals surface area contributed by atoms with Crippen LogP contribution in [-0.2, 0) is 10.0 Å². The molecule has 0 spiro atoms. The van der Waals surface area contributed by atoms with Crippen LogP contribution < -0.4 is 14.4 Å². The molecule has 2 aromatic rings. The van der Waals surface area contributed by atoms with Gasteiger partial charge in [0.05, 0.1) is 16.9 Å². The van der Waals surface area contributed by atoms with Gasteiger partial charge in [-0.05, 0) is 50.2 Å². The molecular weight excluding hydrogens is 358 g/mol. The number of nitro benzene ring substituents is 1. The molecule has 2 aromatic carbocycles. The van der Waals surface area contributed by atoms with Gasteiger partial charge in [0.1, 0.15) is 0 Å². The fourth-order valence-corrected chi connectivity index (χ4v) is 3.60. The van der Waals surface area contributed by atoms with E-state index in [-0.39, 0.29) is 10.6 Å². The average molecular weight is 379 g/mol. The Balaban J connectivity index is 2.29. The monoisotopic (exact) mass is 379 g/mol. The first-order valence-corrected chi connectivity index (χ1v) is 9.51. The second-order valence-electron chi connectivity index (χ2n) is 5.42. The van der Waals surface area contributed by atoms with E-state index in [9.17, 15) is 18.5 Å². The summed E-state index contributed by atoms with van der Waals surface area (Å²) in [5, 5.41) is 11.1. The minimum atomic E-state index is -3.96. The first-order chi connectivity index (χ1) is 12.3. The zero-order valence-corrected chi connectivity index (χ0v) is 15.6. The molecular formula is C17H21N3O5S. The standard InChI is InChI=1S/C17H21N3O5S/c1-4-19(5-2)14-8-6-13(7-9-14)18-26(23,24)15-10-11-17(25-3)16(12-15)20(21)22/h6-12,18H,4-5H2,1-3H3. The summed E-state index contributed by atoms with van der Waals surface area (Å²) in [7, 11) is -2.68. The van der Waals surface area contributed by atoms with Crippen molar-refractivity contribution in [1.82, 2.24) is 0 Å². The number of nitrogens with zero attached hydrogens (tertiary/aromatic N) is 2. The lowest BCUT2D eigenvalue weighted by Gasteiger charge is -2.21. The van der Waals surface area contributed by atoms with Crippen LogP contribution in [0.4, 0.5) is 17.1 Å². The van der Waals surface area contributed by atoms with Crippen LogP contribution in [0.1, 0.15) is 13.8 Å². The lowest BCUT2D eigenvalue weighted by Crippen LogP contribution is -2.21. The SMILES string of the molecule is CCN(CC)c1ccc(NS(=O)(=O)c2ccc(OC)c([N+](=O)[O-])c2)cc1. The van der Waals surface area contributed by atoms with Crippen molar-refractivity contribution in [3.8, 4) is 5.75 Å². The molecule has 0 heterocycles. The molecule has 0 radical (unpaired) electrons. The van der Waals surface area contributed by atoms with Gasteiger partial charge in [0.2, 0.25) is 0 Å². The molecule has 0 unspecified atom stereocenters. The summed E-state index contributed by atoms with van der Waals surface area (Å²) in [5.41, 5.74) is 0.949. The molecule has 0 amide bonds. The third-order valence-corrected chi connectivity index (χ3v) is 5.28. The van der Waals surface area contributed by atoms with Gasteiger partial charge in [0.25, 0.3) is 10.0 Å². The number of anilines is 2. The van der Waals surface area contributed by atoms with Gasteiger partial charge in [-0.3, -0.25) is 14.8 Å². The Bertz CT molecular complexity index is 878. The second kappa shape index (κ2) is 8.05. The maximum Gasteiger partial charge on any atom is 0.312 e. The van der Waals surface area contributed by atoms with Gasteiger partial charge in [-0.1, -0.05) is 0 Å². The van der Waals surface area contributed by atoms with E-state index in [0.29, 0.717) is 5.69 Å². The van der Waals surface area contributed by atoms with Gasteiger partial charge in [-0.15, -0.1) is 0 Å². The summed E-state index contributed by atoms with van der Waals surface area (Å²) in [6.07, 6.45) is 0. The Morgan fingerprint density at radius 2 is 1.73 bits per heavy atom. The van der Waals surface area contributed by atoms with Gasteiger partial charge >= 0.3 is 5.69 Å². The van der Waals surface area contributed by atoms with Gasteiger partial charge in [-0.2, -0.15) is 0 Å². The number of rotatable bonds is 8. The first kappa shape index (κ1) is 19.5. The summed E-state index contributed by atoms with van der Waals surface area (Å²) < 4.78 is 32.4. The minimum Gasteiger partial charge on any atom is -0.490 e. The number of methoxy groups -OCH3 is 1. The summed E-state index contributed by atoms with van der Waals surface area (Å²) in [6, 6.07) is 10.5. The fraction of sp³-hybridized carbons (Fsp3) is 0.294. The predicted molar refractivity (Wildman–Crippen MR) is 100 cm³/mol. The second-order valence-corrected chi connectivity index (χ2v) is 7.10. The summed E-state index contributed by atoms with van der Waals surface area (Å²) in [6.45, 7) is 5.77. The molecule has 1 N–H and O–H groups in total. The van der Waals surface area contributed by atoms with Crippen molar-refractivity contribution in [1.29, 1.82) is 0 Å². The van der Waals surface area contributed by atoms with Crippen LogP contribution in [0.25, 0.3) is 0 Å². The number of hydrogen-bond acceptors (Lipinski definition) is 6. The minimum absolute atomic E-state index is 0.00229. The summed E-state index contributed by atoms with van der Waals surface area (Å²) in [5.74, 6) is -0.00229. The molecule has 0 atom stereocenters. The lowest BCUT2D eigenvalue weighted by molar-refractivity contribution is -0.386. The maximum absolute atomic E-state index is 12.5. The van der Waals surface area contributed by atoms with Crippen LogP contribution >= 0.6 is 0 Å². The van der Waals surface area contributed by atoms with Gasteiger partial charge in [0.15, 0.2) is 5.75 Å². The van der Waals surface area contributed by atoms with Crippen LogP contribution in [0.2, 0.25) is 0 Å². The molecule has 8 nitrogen and oxygen atoms in total. The zero-order valence-electron chi connectivity index (χ0n) is 14.8. The molecule has 0 saturated carbocycles. The molecule has 0 fully saturated rings. The third kappa shape index (κ3) is 4.23. The van der Waals surface area contributed by atoms with E-state index in [1.807, 2.05) is 26.0 Å². The van der Waals surface area contributed by atoms with Crippen molar-refractivity contribution in [3.63, 3.8) is 0 Å². The average Bonchev–Trinajstić information content (AvgIpc) is 2.63. The molecule has 2 rings (SSSR count). The molecule has 0 aliphatic carbocycles. The van der Waals surface area contributed by atoms with E-state index in [1.54, 1.807) is 12.1 Å². The molecule has 0 aromatic heterocycles. The number of benzene rings is 2. The fourth-order valence-electron chi connectivity index (χ4n) is 2.52. The molecule has 0 aliphatic rings. The quantitative estimate of drug-likeness (QED) is 0.558. The highest BCUT2D eigenvalue weighted by Gasteiger charge is 2.22. The van der Waals surface area contributed by atoms with Gasteiger partial charge in [-0.25, -0.2) is 8.42 Å². The zero-order chi connectivity index (χ0) is 19.3. The molecule has 140 valence electrons. The summed E-state index contributed by atoms with van der Waals surface area (Å²) >= 11 is 0. The van der Waals surface area contributed by atoms with Crippen molar-refractivity contribution >= 4 is 27.1 Å². The normalized spacial score (nSPS) is 11.0. The Hall–Kier alpha value is -2.81. The van der Waals surface area contributed by atoms with Crippen molar-refractivity contribution in [2.75, 3.05) is 29.8 Å². The number of ether oxygens (including phenoxy) is 1. The number of hydrogen-bond donors (Lipinski definition) is 1. The van der Waals surface area contributed by atoms with Crippen LogP contribution in [0.15, 0.2) is 47.4 Å². The van der Waals surface area contributed by atoms with Crippen LogP contribution in [-0.4, -0.2) is 33.5 Å². The Morgan fingerprint density at radius 3 is 2.23 bits per heavy atom. The van der Waals surface area contributed by atoms with Crippen molar-refractivity contribution in [2.24, 2.45) is 0 Å². The smallest absolute Gasteiger partial charge is 0.312 e. The summed E-state index contributed by atoms with van der Waals surface area (Å²) in [4.78, 5) is 12.3. The molecule has 26 heavy (non-hydrogen) atoms. The van der Waals surface area contributed by atoms with Crippen LogP contribution in [0, 0.1) is 10.1 Å². The highest BCUT2D eigenvalue weighted by molar-refractivity contribution is 7.92. The Kier molecular flexibility index (Phi) is 6.04. The van der Waals surface area contributed by atoms with E-state index in [1.165, 1.54) is 19.2 Å². The third-order valence-electron chi connectivity index (χ3n) is 3.91. The van der Waals surface area contributed by atoms with Crippen LogP contribution in [0.5, 0.6) is 5.75 Å². The highest BCUT2D eigenvalue weighted by atomic mass is 32.2. The van der Waals surface area contributed by atoms with E-state index in [0.717, 1.165) is 24.8 Å². The van der Waals surface area contributed by atoms with E-state index < -0.39 is 20.6 Å². The maximum atomic E-state index is 12.5. The highest BCUT2D eigenvalue weighted by Crippen LogP contribution is 2.30. The van der Waals surface area contributed by atoms with Crippen molar-refractivity contribution in [2.45, 2.75) is 18.7 Å². The molecule has 9 heteroatoms. The number of nitrogens with one attached hydrogen (secondary N) is 1. The van der Waals surface area contributed by atoms with Crippen molar-refractivity contribution < 1.29 is 18.1 Å². The van der Waals surface area contributed by atoms with Crippen molar-refractivity contribution in [3.05, 3.63) is 52.6 Å². The number of sulfonamides is 1. The van der Waals surface area contributed by atoms with Crippen LogP contribution in [0.3, 0.4) is 0 Å². The van der Waals surface area contributed by atoms with Gasteiger partial charge in [0, 0.05) is 30.5 Å². The topological polar surface area (TPSA) is 102 Å². The largest absolute Gasteiger partial charge is 0.490 e. The number of nitro groups is 1. The van der Waals surface area contributed by atoms with Gasteiger partial charge < -0.3 is 9.64 Å². The Morgan fingerprint density at radius 1 is 1.12 bits per heavy atom. The van der Waals surface area contributed by atoms with E-state index in [4.69, 9.17) is 4.74 Å². The molecule has 0 bridgehead atoms. The Labute approximate surface area is 152 Å². The first-order valence-electron chi connectivity index (χ1n) is 8.02. The molecule has 0 aliphatic heterocycles. The molecule has 0 saturated heterocycles. The van der Waals surface area contributed by atoms with E-state index in [2.05, 4.69) is 9.62 Å². The lowest BCUT2D eigenvalue weighted by atomic mass is 10.2. The van der Waals surface area contributed by atoms with E-state index >= 15 is 0 Å². The predicted octanol–water partition coefficient (Wildman–Crippen LogP) is 3.25.